The van der Waals surface area contributed by atoms with Crippen molar-refractivity contribution in [3.05, 3.63) is 12.2 Å². The van der Waals surface area contributed by atoms with Gasteiger partial charge in [-0.3, -0.25) is 4.90 Å². The Bertz CT molecular complexity index is 428. The summed E-state index contributed by atoms with van der Waals surface area (Å²) >= 11 is 0. The van der Waals surface area contributed by atoms with Gasteiger partial charge in [0.2, 0.25) is 0 Å². The molecule has 0 saturated carbocycles. The Balaban J connectivity index is 2.14. The average Bonchev–Trinajstić information content (AvgIpc) is 2.80. The van der Waals surface area contributed by atoms with Crippen LogP contribution in [0, 0.1) is 0 Å². The molecule has 2 rings (SSSR count). The Morgan fingerprint density at radius 2 is 2.25 bits per heavy atom. The Morgan fingerprint density at radius 1 is 1.50 bits per heavy atom. The molecule has 0 amide bonds. The minimum atomic E-state index is 0.202. The van der Waals surface area contributed by atoms with Gasteiger partial charge in [0.05, 0.1) is 6.54 Å². The fourth-order valence-electron chi connectivity index (χ4n) is 2.87. The molecule has 1 aliphatic heterocycles. The number of hydrogen-bond acceptors (Lipinski definition) is 4. The predicted octanol–water partition coefficient (Wildman–Crippen LogP) is 2.21. The molecule has 1 saturated heterocycles. The molecule has 0 radical (unpaired) electrons. The van der Waals surface area contributed by atoms with Gasteiger partial charge >= 0.3 is 0 Å². The monoisotopic (exact) mass is 279 g/mol. The summed E-state index contributed by atoms with van der Waals surface area (Å²) < 4.78 is 2.04. The molecule has 1 fully saturated rings. The zero-order valence-electron chi connectivity index (χ0n) is 13.6. The normalized spacial score (nSPS) is 28.8. The first-order valence-electron chi connectivity index (χ1n) is 7.82. The minimum absolute atomic E-state index is 0.202. The molecule has 20 heavy (non-hydrogen) atoms. The van der Waals surface area contributed by atoms with Crippen LogP contribution in [0.25, 0.3) is 0 Å². The van der Waals surface area contributed by atoms with E-state index in [4.69, 9.17) is 0 Å². The highest BCUT2D eigenvalue weighted by Gasteiger charge is 2.31. The van der Waals surface area contributed by atoms with Crippen molar-refractivity contribution in [2.75, 3.05) is 13.1 Å². The fraction of sp³-hybridized carbons (Fsp3) is 0.867. The largest absolute Gasteiger partial charge is 0.310 e. The summed E-state index contributed by atoms with van der Waals surface area (Å²) in [5.41, 5.74) is 0.202. The second kappa shape index (κ2) is 6.22. The second-order valence-electron chi connectivity index (χ2n) is 6.60. The number of aromatic nitrogens is 3. The lowest BCUT2D eigenvalue weighted by atomic mass is 9.98. The van der Waals surface area contributed by atoms with Crippen LogP contribution in [-0.4, -0.2) is 44.3 Å². The first kappa shape index (κ1) is 15.4. The topological polar surface area (TPSA) is 46.0 Å². The zero-order valence-corrected chi connectivity index (χ0v) is 13.6. The van der Waals surface area contributed by atoms with Crippen LogP contribution < -0.4 is 5.32 Å². The van der Waals surface area contributed by atoms with Crippen molar-refractivity contribution in [1.82, 2.24) is 25.0 Å². The first-order chi connectivity index (χ1) is 9.45. The Morgan fingerprint density at radius 3 is 2.90 bits per heavy atom. The van der Waals surface area contributed by atoms with Gasteiger partial charge in [0, 0.05) is 24.2 Å². The molecule has 0 bridgehead atoms. The van der Waals surface area contributed by atoms with Crippen LogP contribution in [0.5, 0.6) is 0 Å². The number of nitrogens with one attached hydrogen (secondary N) is 1. The average molecular weight is 279 g/mol. The molecule has 114 valence electrons. The molecule has 1 aliphatic rings. The van der Waals surface area contributed by atoms with Crippen LogP contribution >= 0.6 is 0 Å². The van der Waals surface area contributed by atoms with Crippen LogP contribution in [0.1, 0.15) is 59.3 Å². The third-order valence-corrected chi connectivity index (χ3v) is 4.55. The van der Waals surface area contributed by atoms with E-state index < -0.39 is 0 Å². The molecular formula is C15H29N5. The van der Waals surface area contributed by atoms with Crippen molar-refractivity contribution < 1.29 is 0 Å². The van der Waals surface area contributed by atoms with Crippen LogP contribution in [0.3, 0.4) is 0 Å². The van der Waals surface area contributed by atoms with E-state index in [9.17, 15) is 0 Å². The molecule has 2 unspecified atom stereocenters. The maximum atomic E-state index is 4.46. The highest BCUT2D eigenvalue weighted by atomic mass is 15.4. The van der Waals surface area contributed by atoms with Crippen molar-refractivity contribution in [2.24, 2.45) is 0 Å². The molecule has 0 spiro atoms. The molecule has 2 atom stereocenters. The van der Waals surface area contributed by atoms with Gasteiger partial charge in [0.1, 0.15) is 12.2 Å². The molecule has 1 aromatic rings. The SMILES string of the molecule is CCC1(C)CN(Cc2ncnn2C(C)C)C(C)CCN1. The summed E-state index contributed by atoms with van der Waals surface area (Å²) in [6, 6.07) is 0.943. The van der Waals surface area contributed by atoms with Gasteiger partial charge in [-0.25, -0.2) is 9.67 Å². The Kier molecular flexibility index (Phi) is 4.81. The van der Waals surface area contributed by atoms with Gasteiger partial charge in [0.15, 0.2) is 0 Å². The first-order valence-corrected chi connectivity index (χ1v) is 7.82. The maximum absolute atomic E-state index is 4.46. The number of nitrogens with zero attached hydrogens (tertiary/aromatic N) is 4. The van der Waals surface area contributed by atoms with E-state index in [1.165, 1.54) is 6.42 Å². The lowest BCUT2D eigenvalue weighted by Gasteiger charge is -2.34. The van der Waals surface area contributed by atoms with E-state index >= 15 is 0 Å². The zero-order chi connectivity index (χ0) is 14.8. The lowest BCUT2D eigenvalue weighted by Crippen LogP contribution is -2.49. The van der Waals surface area contributed by atoms with Crippen molar-refractivity contribution in [3.8, 4) is 0 Å². The van der Waals surface area contributed by atoms with Gasteiger partial charge in [0.25, 0.3) is 0 Å². The summed E-state index contributed by atoms with van der Waals surface area (Å²) in [5.74, 6) is 1.08. The van der Waals surface area contributed by atoms with Gasteiger partial charge in [-0.05, 0) is 47.1 Å². The Hall–Kier alpha value is -0.940. The van der Waals surface area contributed by atoms with Gasteiger partial charge < -0.3 is 5.32 Å². The molecular weight excluding hydrogens is 250 g/mol. The molecule has 1 N–H and O–H groups in total. The van der Waals surface area contributed by atoms with Crippen molar-refractivity contribution in [2.45, 2.75) is 71.6 Å². The molecule has 1 aromatic heterocycles. The third-order valence-electron chi connectivity index (χ3n) is 4.55. The third kappa shape index (κ3) is 3.38. The molecule has 2 heterocycles. The summed E-state index contributed by atoms with van der Waals surface area (Å²) in [7, 11) is 0. The highest BCUT2D eigenvalue weighted by molar-refractivity contribution is 4.94. The molecule has 0 aromatic carbocycles. The maximum Gasteiger partial charge on any atom is 0.141 e. The van der Waals surface area contributed by atoms with E-state index in [0.717, 1.165) is 31.9 Å². The van der Waals surface area contributed by atoms with Crippen LogP contribution in [0.4, 0.5) is 0 Å². The van der Waals surface area contributed by atoms with Crippen LogP contribution in [0.15, 0.2) is 6.33 Å². The number of hydrogen-bond donors (Lipinski definition) is 1. The predicted molar refractivity (Wildman–Crippen MR) is 81.6 cm³/mol. The molecule has 5 heteroatoms. The van der Waals surface area contributed by atoms with Crippen molar-refractivity contribution >= 4 is 0 Å². The highest BCUT2D eigenvalue weighted by Crippen LogP contribution is 2.21. The standard InChI is InChI=1S/C15H29N5/c1-6-15(5)10-19(13(4)7-8-17-15)9-14-16-11-18-20(14)12(2)3/h11-13,17H,6-10H2,1-5H3. The van der Waals surface area contributed by atoms with E-state index in [0.29, 0.717) is 12.1 Å². The van der Waals surface area contributed by atoms with E-state index in [1.54, 1.807) is 6.33 Å². The van der Waals surface area contributed by atoms with Gasteiger partial charge in [-0.2, -0.15) is 5.10 Å². The van der Waals surface area contributed by atoms with E-state index in [-0.39, 0.29) is 5.54 Å². The summed E-state index contributed by atoms with van der Waals surface area (Å²) in [5, 5.41) is 8.05. The fourth-order valence-corrected chi connectivity index (χ4v) is 2.87. The summed E-state index contributed by atoms with van der Waals surface area (Å²) in [6.45, 7) is 14.3. The quantitative estimate of drug-likeness (QED) is 0.918. The smallest absolute Gasteiger partial charge is 0.141 e. The number of rotatable bonds is 4. The molecule has 5 nitrogen and oxygen atoms in total. The minimum Gasteiger partial charge on any atom is -0.310 e. The van der Waals surface area contributed by atoms with Gasteiger partial charge in [-0.1, -0.05) is 6.92 Å². The summed E-state index contributed by atoms with van der Waals surface area (Å²) in [4.78, 5) is 7.01. The van der Waals surface area contributed by atoms with Gasteiger partial charge in [-0.15, -0.1) is 0 Å². The summed E-state index contributed by atoms with van der Waals surface area (Å²) in [6.07, 6.45) is 4.01. The Labute approximate surface area is 122 Å². The van der Waals surface area contributed by atoms with Crippen LogP contribution in [0.2, 0.25) is 0 Å². The van der Waals surface area contributed by atoms with Crippen molar-refractivity contribution in [1.29, 1.82) is 0 Å². The van der Waals surface area contributed by atoms with E-state index in [2.05, 4.69) is 54.9 Å². The second-order valence-corrected chi connectivity index (χ2v) is 6.60. The molecule has 0 aliphatic carbocycles. The van der Waals surface area contributed by atoms with E-state index in [1.807, 2.05) is 4.68 Å². The van der Waals surface area contributed by atoms with Crippen LogP contribution in [-0.2, 0) is 6.54 Å². The van der Waals surface area contributed by atoms with Crippen molar-refractivity contribution in [3.63, 3.8) is 0 Å². The lowest BCUT2D eigenvalue weighted by molar-refractivity contribution is 0.156.